The Morgan fingerprint density at radius 3 is 2.61 bits per heavy atom. The highest BCUT2D eigenvalue weighted by molar-refractivity contribution is 6.31. The summed E-state index contributed by atoms with van der Waals surface area (Å²) in [6.45, 7) is 1.60. The number of piperidine rings is 1. The second kappa shape index (κ2) is 7.81. The number of carbonyl (C=O) groups excluding carboxylic acids is 2. The van der Waals surface area contributed by atoms with Crippen LogP contribution in [-0.2, 0) is 16.1 Å². The van der Waals surface area contributed by atoms with Crippen molar-refractivity contribution in [1.29, 1.82) is 0 Å². The Bertz CT molecular complexity index is 880. The average molecular weight is 400 g/mol. The minimum absolute atomic E-state index is 0.0277. The topological polar surface area (TPSA) is 70.7 Å². The number of fused-ring (bicyclic) bond motifs is 1. The lowest BCUT2D eigenvalue weighted by Crippen LogP contribution is -2.63. The van der Waals surface area contributed by atoms with Gasteiger partial charge in [-0.15, -0.1) is 0 Å². The molecule has 6 nitrogen and oxygen atoms in total. The number of anilines is 1. The molecule has 2 heterocycles. The first-order valence-electron chi connectivity index (χ1n) is 9.34. The number of rotatable bonds is 4. The van der Waals surface area contributed by atoms with E-state index < -0.39 is 5.66 Å². The Kier molecular flexibility index (Phi) is 5.24. The Balaban J connectivity index is 1.31. The van der Waals surface area contributed by atoms with E-state index >= 15 is 0 Å². The molecule has 0 aromatic heterocycles. The molecule has 0 saturated carbocycles. The molecule has 2 aliphatic rings. The molecule has 0 atom stereocenters. The highest BCUT2D eigenvalue weighted by atomic mass is 35.5. The van der Waals surface area contributed by atoms with Gasteiger partial charge >= 0.3 is 0 Å². The monoisotopic (exact) mass is 399 g/mol. The molecule has 1 spiro atoms. The molecule has 0 aliphatic carbocycles. The number of halogens is 1. The van der Waals surface area contributed by atoms with E-state index in [1.54, 1.807) is 17.0 Å². The molecular weight excluding hydrogens is 378 g/mol. The zero-order valence-electron chi connectivity index (χ0n) is 15.4. The number of ether oxygens (including phenoxy) is 1. The summed E-state index contributed by atoms with van der Waals surface area (Å²) < 4.78 is 5.56. The summed E-state index contributed by atoms with van der Waals surface area (Å²) in [5.74, 6) is -0.165. The van der Waals surface area contributed by atoms with Gasteiger partial charge in [0, 0.05) is 36.6 Å². The molecular formula is C21H22ClN3O3. The van der Waals surface area contributed by atoms with Crippen molar-refractivity contribution in [1.82, 2.24) is 10.2 Å². The lowest BCUT2D eigenvalue weighted by atomic mass is 9.92. The van der Waals surface area contributed by atoms with Gasteiger partial charge in [-0.05, 0) is 23.8 Å². The maximum Gasteiger partial charge on any atom is 0.255 e. The third-order valence-electron chi connectivity index (χ3n) is 5.26. The van der Waals surface area contributed by atoms with Crippen LogP contribution in [0, 0.1) is 0 Å². The van der Waals surface area contributed by atoms with Crippen molar-refractivity contribution >= 4 is 29.1 Å². The lowest BCUT2D eigenvalue weighted by molar-refractivity contribution is -0.138. The number of carbonyl (C=O) groups is 2. The van der Waals surface area contributed by atoms with Crippen molar-refractivity contribution in [2.45, 2.75) is 25.1 Å². The van der Waals surface area contributed by atoms with Crippen LogP contribution in [0.2, 0.25) is 5.02 Å². The largest absolute Gasteiger partial charge is 0.367 e. The van der Waals surface area contributed by atoms with Crippen LogP contribution in [0.1, 0.15) is 28.8 Å². The van der Waals surface area contributed by atoms with Crippen LogP contribution in [0.15, 0.2) is 48.5 Å². The predicted octanol–water partition coefficient (Wildman–Crippen LogP) is 3.03. The standard InChI is InChI=1S/C21H22ClN3O3/c22-16-6-7-18-17(12-16)20(27)24-21(23-18)8-10-25(11-9-21)19(26)14-28-13-15-4-2-1-3-5-15/h1-7,12,23H,8-11,13-14H2,(H,24,27). The van der Waals surface area contributed by atoms with Crippen LogP contribution in [0.4, 0.5) is 5.69 Å². The Hall–Kier alpha value is -2.57. The summed E-state index contributed by atoms with van der Waals surface area (Å²) in [7, 11) is 0. The fraction of sp³-hybridized carbons (Fsp3) is 0.333. The van der Waals surface area contributed by atoms with Gasteiger partial charge in [0.2, 0.25) is 5.91 Å². The van der Waals surface area contributed by atoms with Gasteiger partial charge in [0.05, 0.1) is 12.2 Å². The average Bonchev–Trinajstić information content (AvgIpc) is 2.70. The fourth-order valence-electron chi connectivity index (χ4n) is 3.70. The molecule has 0 radical (unpaired) electrons. The molecule has 0 unspecified atom stereocenters. The minimum Gasteiger partial charge on any atom is -0.367 e. The predicted molar refractivity (Wildman–Crippen MR) is 107 cm³/mol. The van der Waals surface area contributed by atoms with Crippen LogP contribution < -0.4 is 10.6 Å². The molecule has 2 aliphatic heterocycles. The second-order valence-corrected chi connectivity index (χ2v) is 7.65. The smallest absolute Gasteiger partial charge is 0.255 e. The van der Waals surface area contributed by atoms with Crippen LogP contribution >= 0.6 is 11.6 Å². The van der Waals surface area contributed by atoms with Gasteiger partial charge in [0.25, 0.3) is 5.91 Å². The molecule has 4 rings (SSSR count). The summed E-state index contributed by atoms with van der Waals surface area (Å²) >= 11 is 5.99. The highest BCUT2D eigenvalue weighted by Crippen LogP contribution is 2.32. The van der Waals surface area contributed by atoms with Gasteiger partial charge in [-0.25, -0.2) is 0 Å². The molecule has 7 heteroatoms. The number of hydrogen-bond donors (Lipinski definition) is 2. The SMILES string of the molecule is O=C1NC2(CCN(C(=O)COCc3ccccc3)CC2)Nc2ccc(Cl)cc21. The Labute approximate surface area is 168 Å². The minimum atomic E-state index is -0.528. The molecule has 2 amide bonds. The molecule has 28 heavy (non-hydrogen) atoms. The van der Waals surface area contributed by atoms with Gasteiger partial charge in [-0.1, -0.05) is 41.9 Å². The zero-order valence-corrected chi connectivity index (χ0v) is 16.2. The van der Waals surface area contributed by atoms with Gasteiger partial charge in [0.15, 0.2) is 0 Å². The third-order valence-corrected chi connectivity index (χ3v) is 5.49. The first kappa shape index (κ1) is 18.8. The summed E-state index contributed by atoms with van der Waals surface area (Å²) in [5.41, 5.74) is 1.84. The number of nitrogens with one attached hydrogen (secondary N) is 2. The lowest BCUT2D eigenvalue weighted by Gasteiger charge is -2.45. The van der Waals surface area contributed by atoms with Crippen LogP contribution in [0.25, 0.3) is 0 Å². The van der Waals surface area contributed by atoms with Crippen LogP contribution in [0.3, 0.4) is 0 Å². The molecule has 2 aromatic rings. The van der Waals surface area contributed by atoms with Gasteiger partial charge in [0.1, 0.15) is 12.3 Å². The molecule has 1 fully saturated rings. The second-order valence-electron chi connectivity index (χ2n) is 7.21. The highest BCUT2D eigenvalue weighted by Gasteiger charge is 2.41. The van der Waals surface area contributed by atoms with Crippen LogP contribution in [0.5, 0.6) is 0 Å². The maximum atomic E-state index is 12.5. The number of benzene rings is 2. The zero-order chi connectivity index (χ0) is 19.6. The summed E-state index contributed by atoms with van der Waals surface area (Å²) in [5, 5.41) is 7.03. The molecule has 2 N–H and O–H groups in total. The van der Waals surface area contributed by atoms with Gasteiger partial charge < -0.3 is 20.3 Å². The third kappa shape index (κ3) is 3.98. The first-order chi connectivity index (χ1) is 13.5. The van der Waals surface area contributed by atoms with E-state index in [1.165, 1.54) is 0 Å². The van der Waals surface area contributed by atoms with Gasteiger partial charge in [-0.2, -0.15) is 0 Å². The van der Waals surface area contributed by atoms with Crippen molar-refractivity contribution in [3.63, 3.8) is 0 Å². The normalized spacial score (nSPS) is 17.6. The molecule has 0 bridgehead atoms. The van der Waals surface area contributed by atoms with Crippen molar-refractivity contribution < 1.29 is 14.3 Å². The van der Waals surface area contributed by atoms with E-state index in [9.17, 15) is 9.59 Å². The maximum absolute atomic E-state index is 12.5. The van der Waals surface area contributed by atoms with E-state index in [-0.39, 0.29) is 18.4 Å². The van der Waals surface area contributed by atoms with Crippen molar-refractivity contribution in [3.8, 4) is 0 Å². The molecule has 1 saturated heterocycles. The van der Waals surface area contributed by atoms with Crippen molar-refractivity contribution in [2.75, 3.05) is 25.0 Å². The van der Waals surface area contributed by atoms with Gasteiger partial charge in [-0.3, -0.25) is 9.59 Å². The summed E-state index contributed by atoms with van der Waals surface area (Å²) in [6.07, 6.45) is 1.26. The Morgan fingerprint density at radius 1 is 1.11 bits per heavy atom. The fourth-order valence-corrected chi connectivity index (χ4v) is 3.87. The number of likely N-dealkylation sites (tertiary alicyclic amines) is 1. The quantitative estimate of drug-likeness (QED) is 0.829. The van der Waals surface area contributed by atoms with E-state index in [2.05, 4.69) is 10.6 Å². The summed E-state index contributed by atoms with van der Waals surface area (Å²) in [6, 6.07) is 15.0. The molecule has 2 aromatic carbocycles. The van der Waals surface area contributed by atoms with Crippen LogP contribution in [-0.4, -0.2) is 42.1 Å². The number of nitrogens with zero attached hydrogens (tertiary/aromatic N) is 1. The van der Waals surface area contributed by atoms with E-state index in [4.69, 9.17) is 16.3 Å². The van der Waals surface area contributed by atoms with E-state index in [0.29, 0.717) is 43.1 Å². The number of amides is 2. The number of hydrogen-bond acceptors (Lipinski definition) is 4. The van der Waals surface area contributed by atoms with E-state index in [0.717, 1.165) is 11.3 Å². The van der Waals surface area contributed by atoms with E-state index in [1.807, 2.05) is 36.4 Å². The van der Waals surface area contributed by atoms with Crippen molar-refractivity contribution in [2.24, 2.45) is 0 Å². The summed E-state index contributed by atoms with van der Waals surface area (Å²) in [4.78, 5) is 26.7. The first-order valence-corrected chi connectivity index (χ1v) is 9.72. The molecule has 146 valence electrons. The Morgan fingerprint density at radius 2 is 1.86 bits per heavy atom. The van der Waals surface area contributed by atoms with Crippen molar-refractivity contribution in [3.05, 3.63) is 64.7 Å².